The van der Waals surface area contributed by atoms with Gasteiger partial charge in [-0.05, 0) is 71.2 Å². The van der Waals surface area contributed by atoms with Gasteiger partial charge in [-0.15, -0.1) is 0 Å². The summed E-state index contributed by atoms with van der Waals surface area (Å²) in [6.45, 7) is 9.35. The van der Waals surface area contributed by atoms with Crippen LogP contribution in [0.2, 0.25) is 0 Å². The molecule has 2 aromatic rings. The third-order valence-electron chi connectivity index (χ3n) is 4.17. The van der Waals surface area contributed by atoms with Crippen LogP contribution in [0.5, 0.6) is 0 Å². The van der Waals surface area contributed by atoms with E-state index in [4.69, 9.17) is 4.74 Å². The molecule has 0 amide bonds. The lowest BCUT2D eigenvalue weighted by atomic mass is 10.1. The molecule has 8 nitrogen and oxygen atoms in total. The second-order valence-corrected chi connectivity index (χ2v) is 10.6. The average Bonchev–Trinajstić information content (AvgIpc) is 2.62. The number of esters is 1. The first kappa shape index (κ1) is 24.2. The van der Waals surface area contributed by atoms with Crippen molar-refractivity contribution in [2.75, 3.05) is 13.1 Å². The van der Waals surface area contributed by atoms with E-state index < -0.39 is 33.2 Å². The lowest BCUT2D eigenvalue weighted by Crippen LogP contribution is -2.50. The quantitative estimate of drug-likeness (QED) is 0.405. The van der Waals surface area contributed by atoms with Crippen LogP contribution in [-0.4, -0.2) is 54.8 Å². The maximum absolute atomic E-state index is 12.8. The Balaban J connectivity index is 1.90. The number of pyridine rings is 1. The van der Waals surface area contributed by atoms with Gasteiger partial charge in [0.1, 0.15) is 5.60 Å². The smallest absolute Gasteiger partial charge is 0.335 e. The van der Waals surface area contributed by atoms with E-state index in [1.54, 1.807) is 71.3 Å². The number of aliphatic hydroxyl groups excluding tert-OH is 1. The first-order valence-electron chi connectivity index (χ1n) is 9.78. The Hall–Kier alpha value is -2.07. The number of benzene rings is 1. The van der Waals surface area contributed by atoms with Crippen molar-refractivity contribution < 1.29 is 23.1 Å². The summed E-state index contributed by atoms with van der Waals surface area (Å²) in [5, 5.41) is 14.6. The molecule has 0 bridgehead atoms. The molecular weight excluding hydrogens is 406 g/mol. The molecule has 0 fully saturated rings. The van der Waals surface area contributed by atoms with Crippen LogP contribution in [-0.2, 0) is 19.6 Å². The van der Waals surface area contributed by atoms with Crippen molar-refractivity contribution in [2.45, 2.75) is 63.2 Å². The van der Waals surface area contributed by atoms with Gasteiger partial charge in [0.15, 0.2) is 6.10 Å². The monoisotopic (exact) mass is 437 g/mol. The molecule has 166 valence electrons. The molecule has 1 heterocycles. The minimum absolute atomic E-state index is 0.163. The molecule has 1 aromatic carbocycles. The van der Waals surface area contributed by atoms with Crippen molar-refractivity contribution in [2.24, 2.45) is 0 Å². The van der Waals surface area contributed by atoms with Gasteiger partial charge in [0.05, 0.1) is 4.90 Å². The average molecular weight is 438 g/mol. The van der Waals surface area contributed by atoms with Gasteiger partial charge in [-0.3, -0.25) is 4.98 Å². The lowest BCUT2D eigenvalue weighted by molar-refractivity contribution is -0.165. The first-order chi connectivity index (χ1) is 13.8. The van der Waals surface area contributed by atoms with Crippen LogP contribution >= 0.6 is 0 Å². The highest BCUT2D eigenvalue weighted by Gasteiger charge is 2.27. The second-order valence-electron chi connectivity index (χ2n) is 8.89. The van der Waals surface area contributed by atoms with E-state index in [1.807, 2.05) is 0 Å². The molecule has 0 saturated heterocycles. The van der Waals surface area contributed by atoms with E-state index in [9.17, 15) is 18.3 Å². The van der Waals surface area contributed by atoms with Crippen LogP contribution in [0.3, 0.4) is 0 Å². The van der Waals surface area contributed by atoms with Gasteiger partial charge in [-0.1, -0.05) is 6.07 Å². The zero-order valence-electron chi connectivity index (χ0n) is 18.1. The summed E-state index contributed by atoms with van der Waals surface area (Å²) < 4.78 is 33.4. The van der Waals surface area contributed by atoms with Crippen molar-refractivity contribution >= 4 is 26.8 Å². The van der Waals surface area contributed by atoms with Gasteiger partial charge in [-0.25, -0.2) is 17.9 Å². The lowest BCUT2D eigenvalue weighted by Gasteiger charge is -2.27. The van der Waals surface area contributed by atoms with Gasteiger partial charge in [0.25, 0.3) is 0 Å². The summed E-state index contributed by atoms with van der Waals surface area (Å²) in [4.78, 5) is 16.0. The SMILES string of the molecule is CC(C)(CNCCC(O)C(=O)OC(C)(C)C)NS(=O)(=O)c1ccc2cnccc2c1. The summed E-state index contributed by atoms with van der Waals surface area (Å²) in [7, 11) is -3.73. The van der Waals surface area contributed by atoms with E-state index in [1.165, 1.54) is 0 Å². The van der Waals surface area contributed by atoms with Crippen LogP contribution in [0.25, 0.3) is 10.8 Å². The van der Waals surface area contributed by atoms with E-state index in [-0.39, 0.29) is 11.3 Å². The highest BCUT2D eigenvalue weighted by Crippen LogP contribution is 2.19. The van der Waals surface area contributed by atoms with Crippen LogP contribution in [0.15, 0.2) is 41.6 Å². The predicted molar refractivity (Wildman–Crippen MR) is 115 cm³/mol. The molecular formula is C21H31N3O5S. The van der Waals surface area contributed by atoms with E-state index in [2.05, 4.69) is 15.0 Å². The highest BCUT2D eigenvalue weighted by molar-refractivity contribution is 7.89. The number of aromatic nitrogens is 1. The van der Waals surface area contributed by atoms with Crippen molar-refractivity contribution in [3.05, 3.63) is 36.7 Å². The number of carbonyl (C=O) groups is 1. The Labute approximate surface area is 178 Å². The second kappa shape index (κ2) is 9.38. The molecule has 0 aliphatic carbocycles. The van der Waals surface area contributed by atoms with E-state index in [0.717, 1.165) is 10.8 Å². The van der Waals surface area contributed by atoms with Gasteiger partial charge in [-0.2, -0.15) is 0 Å². The van der Waals surface area contributed by atoms with Crippen molar-refractivity contribution in [1.82, 2.24) is 15.0 Å². The summed E-state index contributed by atoms with van der Waals surface area (Å²) in [6.07, 6.45) is 2.23. The number of nitrogens with zero attached hydrogens (tertiary/aromatic N) is 1. The molecule has 30 heavy (non-hydrogen) atoms. The molecule has 1 unspecified atom stereocenters. The van der Waals surface area contributed by atoms with Gasteiger partial charge in [0, 0.05) is 29.9 Å². The summed E-state index contributed by atoms with van der Waals surface area (Å²) in [5.74, 6) is -0.671. The van der Waals surface area contributed by atoms with Crippen molar-refractivity contribution in [3.8, 4) is 0 Å². The van der Waals surface area contributed by atoms with Gasteiger partial charge in [0.2, 0.25) is 10.0 Å². The van der Waals surface area contributed by atoms with Crippen LogP contribution in [0, 0.1) is 0 Å². The Bertz CT molecular complexity index is 984. The van der Waals surface area contributed by atoms with Crippen LogP contribution in [0.4, 0.5) is 0 Å². The molecule has 0 saturated carbocycles. The maximum atomic E-state index is 12.8. The molecule has 0 aliphatic rings. The van der Waals surface area contributed by atoms with Gasteiger partial charge >= 0.3 is 5.97 Å². The molecule has 1 aromatic heterocycles. The molecule has 1 atom stereocenters. The number of sulfonamides is 1. The number of carbonyl (C=O) groups excluding carboxylic acids is 1. The molecule has 3 N–H and O–H groups in total. The fraction of sp³-hybridized carbons (Fsp3) is 0.524. The number of aliphatic hydroxyl groups is 1. The van der Waals surface area contributed by atoms with Crippen molar-refractivity contribution in [3.63, 3.8) is 0 Å². The zero-order valence-corrected chi connectivity index (χ0v) is 18.9. The highest BCUT2D eigenvalue weighted by atomic mass is 32.2. The fourth-order valence-electron chi connectivity index (χ4n) is 2.81. The summed E-state index contributed by atoms with van der Waals surface area (Å²) in [5.41, 5.74) is -1.45. The topological polar surface area (TPSA) is 118 Å². The first-order valence-corrected chi connectivity index (χ1v) is 11.3. The Morgan fingerprint density at radius 2 is 1.87 bits per heavy atom. The third-order valence-corrected chi connectivity index (χ3v) is 5.87. The Kier molecular flexibility index (Phi) is 7.57. The number of fused-ring (bicyclic) bond motifs is 1. The Morgan fingerprint density at radius 3 is 2.53 bits per heavy atom. The van der Waals surface area contributed by atoms with Crippen LogP contribution in [0.1, 0.15) is 41.0 Å². The van der Waals surface area contributed by atoms with Gasteiger partial charge < -0.3 is 15.2 Å². The summed E-state index contributed by atoms with van der Waals surface area (Å²) >= 11 is 0. The summed E-state index contributed by atoms with van der Waals surface area (Å²) in [6, 6.07) is 6.64. The minimum atomic E-state index is -3.73. The Morgan fingerprint density at radius 1 is 1.17 bits per heavy atom. The number of ether oxygens (including phenoxy) is 1. The molecule has 2 rings (SSSR count). The number of hydrogen-bond donors (Lipinski definition) is 3. The standard InChI is InChI=1S/C21H31N3O5S/c1-20(2,3)29-19(26)18(25)9-11-23-14-21(4,5)24-30(27,28)17-7-6-16-13-22-10-8-15(16)12-17/h6-8,10,12-13,18,23-25H,9,11,14H2,1-5H3. The number of nitrogens with one attached hydrogen (secondary N) is 2. The largest absolute Gasteiger partial charge is 0.458 e. The van der Waals surface area contributed by atoms with E-state index >= 15 is 0 Å². The van der Waals surface area contributed by atoms with E-state index in [0.29, 0.717) is 13.1 Å². The zero-order chi connectivity index (χ0) is 22.6. The fourth-order valence-corrected chi connectivity index (χ4v) is 4.26. The molecule has 9 heteroatoms. The molecule has 0 spiro atoms. The predicted octanol–water partition coefficient (Wildman–Crippen LogP) is 1.97. The normalized spacial score (nSPS) is 13.9. The third kappa shape index (κ3) is 7.32. The van der Waals surface area contributed by atoms with Crippen LogP contribution < -0.4 is 10.0 Å². The van der Waals surface area contributed by atoms with Crippen molar-refractivity contribution in [1.29, 1.82) is 0 Å². The number of hydrogen-bond acceptors (Lipinski definition) is 7. The molecule has 0 aliphatic heterocycles. The minimum Gasteiger partial charge on any atom is -0.458 e. The molecule has 0 radical (unpaired) electrons. The number of rotatable bonds is 9. The maximum Gasteiger partial charge on any atom is 0.335 e.